The standard InChI is InChI=1S/C17H27N5.C13H19N5O/c1-4-10-22-11-18-16(19-13-8-6-5-7-9-13)14-17(22)21-15(20-14)12(2)3;1-3-10-15-11-12(18-5-7-19-8-6-18)14-9-17(4-2)13(11)16-10/h11-13H,4-10H2,1-3H3,(H,20,21);9H,3-8H2,1-2H3. The van der Waals surface area contributed by atoms with Gasteiger partial charge in [0.15, 0.2) is 28.5 Å². The van der Waals surface area contributed by atoms with Gasteiger partial charge in [0.2, 0.25) is 0 Å². The van der Waals surface area contributed by atoms with E-state index in [-0.39, 0.29) is 0 Å². The maximum Gasteiger partial charge on any atom is 0.176 e. The van der Waals surface area contributed by atoms with Crippen molar-refractivity contribution in [1.29, 1.82) is 0 Å². The molecule has 0 radical (unpaired) electrons. The maximum atomic E-state index is 5.39. The first-order valence-corrected chi connectivity index (χ1v) is 15.6. The van der Waals surface area contributed by atoms with Crippen LogP contribution in [-0.4, -0.2) is 71.4 Å². The van der Waals surface area contributed by atoms with Crippen molar-refractivity contribution in [2.24, 2.45) is 4.99 Å². The Morgan fingerprint density at radius 3 is 2.41 bits per heavy atom. The molecule has 222 valence electrons. The van der Waals surface area contributed by atoms with Crippen LogP contribution in [0.2, 0.25) is 0 Å². The van der Waals surface area contributed by atoms with Crippen LogP contribution in [-0.2, 0) is 24.2 Å². The van der Waals surface area contributed by atoms with E-state index in [4.69, 9.17) is 14.7 Å². The summed E-state index contributed by atoms with van der Waals surface area (Å²) in [5.74, 6) is 4.17. The molecule has 2 aromatic rings. The van der Waals surface area contributed by atoms with Crippen molar-refractivity contribution in [1.82, 2.24) is 39.0 Å². The van der Waals surface area contributed by atoms with E-state index in [1.807, 2.05) is 17.2 Å². The number of nitrogens with zero attached hydrogens (tertiary/aromatic N) is 9. The number of hydrogen-bond acceptors (Lipinski definition) is 8. The van der Waals surface area contributed by atoms with Gasteiger partial charge < -0.3 is 23.8 Å². The van der Waals surface area contributed by atoms with Crippen LogP contribution in [0.3, 0.4) is 0 Å². The van der Waals surface area contributed by atoms with Gasteiger partial charge in [-0.3, -0.25) is 4.99 Å². The minimum Gasteiger partial charge on any atom is -0.378 e. The molecular weight excluding hydrogens is 516 g/mol. The van der Waals surface area contributed by atoms with E-state index in [1.165, 1.54) is 32.1 Å². The summed E-state index contributed by atoms with van der Waals surface area (Å²) in [6.07, 6.45) is 12.0. The summed E-state index contributed by atoms with van der Waals surface area (Å²) in [7, 11) is 0. The number of ether oxygens (including phenoxy) is 1. The largest absolute Gasteiger partial charge is 0.378 e. The van der Waals surface area contributed by atoms with Gasteiger partial charge >= 0.3 is 0 Å². The fourth-order valence-corrected chi connectivity index (χ4v) is 5.51. The molecule has 41 heavy (non-hydrogen) atoms. The number of fused-ring (bicyclic) bond motifs is 2. The molecule has 0 amide bonds. The van der Waals surface area contributed by atoms with Gasteiger partial charge in [-0.25, -0.2) is 24.9 Å². The molecule has 2 fully saturated rings. The van der Waals surface area contributed by atoms with Crippen LogP contribution in [0.25, 0.3) is 22.7 Å². The van der Waals surface area contributed by atoms with Crippen molar-refractivity contribution in [2.75, 3.05) is 31.2 Å². The Kier molecular flexibility index (Phi) is 9.64. The monoisotopic (exact) mass is 562 g/mol. The van der Waals surface area contributed by atoms with Gasteiger partial charge in [-0.1, -0.05) is 47.0 Å². The van der Waals surface area contributed by atoms with Crippen molar-refractivity contribution in [3.63, 3.8) is 0 Å². The summed E-state index contributed by atoms with van der Waals surface area (Å²) in [6, 6.07) is 0.428. The van der Waals surface area contributed by atoms with Gasteiger partial charge in [-0.15, -0.1) is 0 Å². The number of H-pyrrole nitrogens is 1. The van der Waals surface area contributed by atoms with Crippen molar-refractivity contribution >= 4 is 17.0 Å². The molecule has 1 saturated heterocycles. The van der Waals surface area contributed by atoms with Crippen LogP contribution in [0, 0.1) is 0 Å². The first-order valence-electron chi connectivity index (χ1n) is 15.6. The molecule has 1 aliphatic carbocycles. The third-order valence-electron chi connectivity index (χ3n) is 7.87. The van der Waals surface area contributed by atoms with Crippen molar-refractivity contribution in [3.05, 3.63) is 29.8 Å². The number of aromatic amines is 1. The highest BCUT2D eigenvalue weighted by atomic mass is 16.5. The van der Waals surface area contributed by atoms with Gasteiger partial charge in [0.1, 0.15) is 17.2 Å². The second-order valence-corrected chi connectivity index (χ2v) is 11.3. The molecule has 11 nitrogen and oxygen atoms in total. The summed E-state index contributed by atoms with van der Waals surface area (Å²) < 4.78 is 9.58. The summed E-state index contributed by atoms with van der Waals surface area (Å²) in [6.45, 7) is 15.7. The van der Waals surface area contributed by atoms with Crippen molar-refractivity contribution in [2.45, 2.75) is 105 Å². The average molecular weight is 563 g/mol. The number of hydrogen-bond donors (Lipinski definition) is 1. The van der Waals surface area contributed by atoms with Crippen molar-refractivity contribution < 1.29 is 4.74 Å². The highest BCUT2D eigenvalue weighted by molar-refractivity contribution is 5.70. The Balaban J connectivity index is 0.000000166. The van der Waals surface area contributed by atoms with E-state index in [1.54, 1.807) is 0 Å². The number of anilines is 1. The van der Waals surface area contributed by atoms with Gasteiger partial charge in [0.05, 0.1) is 31.9 Å². The van der Waals surface area contributed by atoms with Crippen LogP contribution < -0.4 is 10.4 Å². The number of nitrogens with one attached hydrogen (secondary N) is 1. The smallest absolute Gasteiger partial charge is 0.176 e. The summed E-state index contributed by atoms with van der Waals surface area (Å²) in [5, 5.41) is 0. The number of morpholine rings is 1. The summed E-state index contributed by atoms with van der Waals surface area (Å²) in [5.41, 5.74) is 3.76. The highest BCUT2D eigenvalue weighted by Gasteiger charge is 2.24. The van der Waals surface area contributed by atoms with Gasteiger partial charge in [0.25, 0.3) is 0 Å². The Hall–Kier alpha value is -3.34. The first kappa shape index (κ1) is 29.2. The molecule has 11 heteroatoms. The van der Waals surface area contributed by atoms with E-state index >= 15 is 0 Å². The van der Waals surface area contributed by atoms with E-state index in [0.29, 0.717) is 12.0 Å². The Bertz CT molecular complexity index is 1440. The quantitative estimate of drug-likeness (QED) is 0.346. The number of aryl methyl sites for hydroxylation is 3. The van der Waals surface area contributed by atoms with Crippen LogP contribution >= 0.6 is 0 Å². The Labute approximate surface area is 242 Å². The highest BCUT2D eigenvalue weighted by Crippen LogP contribution is 2.29. The lowest BCUT2D eigenvalue weighted by Gasteiger charge is -2.29. The number of imidazole rings is 2. The van der Waals surface area contributed by atoms with Crippen LogP contribution in [0.1, 0.15) is 90.7 Å². The number of rotatable bonds is 7. The third-order valence-corrected chi connectivity index (χ3v) is 7.87. The van der Waals surface area contributed by atoms with E-state index in [2.05, 4.69) is 69.0 Å². The zero-order valence-electron chi connectivity index (χ0n) is 25.4. The summed E-state index contributed by atoms with van der Waals surface area (Å²) >= 11 is 0. The topological polar surface area (TPSA) is 115 Å². The zero-order chi connectivity index (χ0) is 28.8. The Morgan fingerprint density at radius 2 is 1.73 bits per heavy atom. The van der Waals surface area contributed by atoms with E-state index < -0.39 is 0 Å². The predicted octanol–water partition coefficient (Wildman–Crippen LogP) is 4.72. The van der Waals surface area contributed by atoms with E-state index in [9.17, 15) is 0 Å². The molecule has 4 aliphatic rings. The van der Waals surface area contributed by atoms with Crippen molar-refractivity contribution in [3.8, 4) is 11.5 Å². The molecule has 0 bridgehead atoms. The zero-order valence-corrected chi connectivity index (χ0v) is 25.4. The molecule has 0 unspecified atom stereocenters. The fourth-order valence-electron chi connectivity index (χ4n) is 5.51. The molecule has 0 aromatic carbocycles. The van der Waals surface area contributed by atoms with Crippen LogP contribution in [0.5, 0.6) is 0 Å². The van der Waals surface area contributed by atoms with Crippen LogP contribution in [0.15, 0.2) is 17.6 Å². The molecular formula is C30H46N10O. The lowest BCUT2D eigenvalue weighted by Crippen LogP contribution is -2.37. The Morgan fingerprint density at radius 1 is 0.976 bits per heavy atom. The molecule has 1 N–H and O–H groups in total. The van der Waals surface area contributed by atoms with Crippen LogP contribution in [0.4, 0.5) is 5.82 Å². The fraction of sp³-hybridized carbons (Fsp3) is 0.667. The third kappa shape index (κ3) is 6.60. The molecule has 2 aromatic heterocycles. The lowest BCUT2D eigenvalue weighted by atomic mass is 9.96. The SMILES string of the molecule is CCCn1cnc(=NC2CCCCC2)c2[nH]c(C(C)C)nc21.CCc1nc2c(N3CCOCC3)ncn(CC)c-2n1. The first-order chi connectivity index (χ1) is 20.0. The molecule has 0 spiro atoms. The second-order valence-electron chi connectivity index (χ2n) is 11.3. The minimum atomic E-state index is 0.380. The van der Waals surface area contributed by atoms with E-state index in [0.717, 1.165) is 97.9 Å². The average Bonchev–Trinajstić information content (AvgIpc) is 3.66. The molecule has 3 aliphatic heterocycles. The molecule has 5 heterocycles. The lowest BCUT2D eigenvalue weighted by molar-refractivity contribution is 0.122. The van der Waals surface area contributed by atoms with Gasteiger partial charge in [-0.2, -0.15) is 0 Å². The predicted molar refractivity (Wildman–Crippen MR) is 161 cm³/mol. The number of aromatic nitrogens is 8. The van der Waals surface area contributed by atoms with Gasteiger partial charge in [-0.05, 0) is 26.2 Å². The minimum absolute atomic E-state index is 0.380. The van der Waals surface area contributed by atoms with Gasteiger partial charge in [0, 0.05) is 38.5 Å². The molecule has 1 saturated carbocycles. The normalized spacial score (nSPS) is 17.0. The molecule has 0 atom stereocenters. The summed E-state index contributed by atoms with van der Waals surface area (Å²) in [4.78, 5) is 33.9. The molecule has 6 rings (SSSR count). The second kappa shape index (κ2) is 13.5. The maximum absolute atomic E-state index is 5.39.